The largest absolute Gasteiger partial charge is 0.316 e. The van der Waals surface area contributed by atoms with Crippen molar-refractivity contribution in [3.8, 4) is 0 Å². The van der Waals surface area contributed by atoms with Gasteiger partial charge in [-0.3, -0.25) is 4.90 Å². The number of hydrogen-bond donors (Lipinski definition) is 1. The predicted octanol–water partition coefficient (Wildman–Crippen LogP) is 3.91. The normalized spacial score (nSPS) is 25.0. The summed E-state index contributed by atoms with van der Waals surface area (Å²) < 4.78 is 0. The van der Waals surface area contributed by atoms with Crippen molar-refractivity contribution in [2.45, 2.75) is 45.1 Å². The Morgan fingerprint density at radius 3 is 2.90 bits per heavy atom. The molecule has 1 saturated heterocycles. The summed E-state index contributed by atoms with van der Waals surface area (Å²) in [7, 11) is 0. The van der Waals surface area contributed by atoms with Crippen molar-refractivity contribution in [3.05, 3.63) is 22.4 Å². The van der Waals surface area contributed by atoms with E-state index in [-0.39, 0.29) is 0 Å². The topological polar surface area (TPSA) is 15.3 Å². The van der Waals surface area contributed by atoms with E-state index in [1.54, 1.807) is 4.88 Å². The SMILES string of the molecule is CCCN(CC1CCCNC1)C(c1cccs1)C1CC1. The second-order valence-electron chi connectivity index (χ2n) is 6.51. The van der Waals surface area contributed by atoms with Crippen LogP contribution in [0.3, 0.4) is 0 Å². The third kappa shape index (κ3) is 3.63. The first-order chi connectivity index (χ1) is 9.88. The fourth-order valence-electron chi connectivity index (χ4n) is 3.62. The van der Waals surface area contributed by atoms with E-state index in [1.165, 1.54) is 58.3 Å². The maximum atomic E-state index is 3.58. The predicted molar refractivity (Wildman–Crippen MR) is 87.2 cm³/mol. The fraction of sp³-hybridized carbons (Fsp3) is 0.765. The highest BCUT2D eigenvalue weighted by Crippen LogP contribution is 2.46. The number of thiophene rings is 1. The number of hydrogen-bond acceptors (Lipinski definition) is 3. The molecule has 0 spiro atoms. The van der Waals surface area contributed by atoms with Gasteiger partial charge in [-0.25, -0.2) is 0 Å². The van der Waals surface area contributed by atoms with Crippen molar-refractivity contribution in [1.82, 2.24) is 10.2 Å². The maximum absolute atomic E-state index is 3.58. The second-order valence-corrected chi connectivity index (χ2v) is 7.48. The average molecular weight is 292 g/mol. The molecule has 2 heterocycles. The van der Waals surface area contributed by atoms with Crippen LogP contribution in [0.1, 0.15) is 49.9 Å². The van der Waals surface area contributed by atoms with Crippen LogP contribution in [0.25, 0.3) is 0 Å². The van der Waals surface area contributed by atoms with Gasteiger partial charge in [0.15, 0.2) is 0 Å². The zero-order valence-corrected chi connectivity index (χ0v) is 13.5. The number of nitrogens with zero attached hydrogens (tertiary/aromatic N) is 1. The quantitative estimate of drug-likeness (QED) is 0.819. The van der Waals surface area contributed by atoms with E-state index in [4.69, 9.17) is 0 Å². The van der Waals surface area contributed by atoms with Crippen molar-refractivity contribution < 1.29 is 0 Å². The summed E-state index contributed by atoms with van der Waals surface area (Å²) in [5, 5.41) is 5.82. The Hall–Kier alpha value is -0.380. The number of nitrogens with one attached hydrogen (secondary N) is 1. The van der Waals surface area contributed by atoms with Gasteiger partial charge in [-0.1, -0.05) is 13.0 Å². The van der Waals surface area contributed by atoms with Crippen LogP contribution in [0.15, 0.2) is 17.5 Å². The van der Waals surface area contributed by atoms with Crippen LogP contribution in [0.2, 0.25) is 0 Å². The molecule has 0 bridgehead atoms. The molecule has 0 radical (unpaired) electrons. The maximum Gasteiger partial charge on any atom is 0.0469 e. The molecule has 2 aliphatic rings. The average Bonchev–Trinajstić information content (AvgIpc) is 3.15. The molecule has 3 heteroatoms. The Bertz CT molecular complexity index is 380. The summed E-state index contributed by atoms with van der Waals surface area (Å²) in [5.41, 5.74) is 0. The van der Waals surface area contributed by atoms with Gasteiger partial charge in [0.05, 0.1) is 0 Å². The lowest BCUT2D eigenvalue weighted by Gasteiger charge is -2.35. The zero-order valence-electron chi connectivity index (χ0n) is 12.7. The van der Waals surface area contributed by atoms with E-state index in [1.807, 2.05) is 11.3 Å². The van der Waals surface area contributed by atoms with Crippen LogP contribution in [-0.2, 0) is 0 Å². The summed E-state index contributed by atoms with van der Waals surface area (Å²) in [5.74, 6) is 1.79. The van der Waals surface area contributed by atoms with Gasteiger partial charge in [-0.05, 0) is 75.0 Å². The van der Waals surface area contributed by atoms with Gasteiger partial charge in [0.25, 0.3) is 0 Å². The standard InChI is InChI=1S/C17H28N2S/c1-2-10-19(13-14-5-3-9-18-12-14)17(15-7-8-15)16-6-4-11-20-16/h4,6,11,14-15,17-18H,2-3,5,7-10,12-13H2,1H3. The highest BCUT2D eigenvalue weighted by molar-refractivity contribution is 7.10. The molecule has 0 aromatic carbocycles. The summed E-state index contributed by atoms with van der Waals surface area (Å²) in [6.45, 7) is 7.32. The van der Waals surface area contributed by atoms with Crippen molar-refractivity contribution in [3.63, 3.8) is 0 Å². The molecule has 3 rings (SSSR count). The van der Waals surface area contributed by atoms with E-state index < -0.39 is 0 Å². The van der Waals surface area contributed by atoms with E-state index >= 15 is 0 Å². The summed E-state index contributed by atoms with van der Waals surface area (Å²) in [6, 6.07) is 5.29. The van der Waals surface area contributed by atoms with Gasteiger partial charge in [0.2, 0.25) is 0 Å². The van der Waals surface area contributed by atoms with Gasteiger partial charge < -0.3 is 5.32 Å². The van der Waals surface area contributed by atoms with E-state index in [0.717, 1.165) is 11.8 Å². The lowest BCUT2D eigenvalue weighted by atomic mass is 9.97. The lowest BCUT2D eigenvalue weighted by Crippen LogP contribution is -2.40. The zero-order chi connectivity index (χ0) is 13.8. The molecular formula is C17H28N2S. The molecule has 2 fully saturated rings. The Balaban J connectivity index is 1.69. The first kappa shape index (κ1) is 14.6. The molecule has 112 valence electrons. The summed E-state index contributed by atoms with van der Waals surface area (Å²) in [4.78, 5) is 4.41. The summed E-state index contributed by atoms with van der Waals surface area (Å²) >= 11 is 1.96. The molecule has 1 aromatic rings. The van der Waals surface area contributed by atoms with Crippen molar-refractivity contribution >= 4 is 11.3 Å². The van der Waals surface area contributed by atoms with Crippen LogP contribution in [0.4, 0.5) is 0 Å². The minimum Gasteiger partial charge on any atom is -0.316 e. The monoisotopic (exact) mass is 292 g/mol. The molecule has 2 unspecified atom stereocenters. The molecule has 20 heavy (non-hydrogen) atoms. The van der Waals surface area contributed by atoms with Crippen molar-refractivity contribution in [1.29, 1.82) is 0 Å². The number of piperidine rings is 1. The highest BCUT2D eigenvalue weighted by Gasteiger charge is 2.37. The Labute approximate surface area is 127 Å². The van der Waals surface area contributed by atoms with Gasteiger partial charge in [0, 0.05) is 17.5 Å². The van der Waals surface area contributed by atoms with Gasteiger partial charge in [-0.2, -0.15) is 0 Å². The van der Waals surface area contributed by atoms with Crippen LogP contribution in [0.5, 0.6) is 0 Å². The molecule has 1 aromatic heterocycles. The first-order valence-corrected chi connectivity index (χ1v) is 9.24. The first-order valence-electron chi connectivity index (χ1n) is 8.36. The van der Waals surface area contributed by atoms with E-state index in [9.17, 15) is 0 Å². The molecule has 1 aliphatic heterocycles. The van der Waals surface area contributed by atoms with Crippen LogP contribution in [0, 0.1) is 11.8 Å². The molecule has 1 saturated carbocycles. The fourth-order valence-corrected chi connectivity index (χ4v) is 4.58. The van der Waals surface area contributed by atoms with Crippen LogP contribution >= 0.6 is 11.3 Å². The molecular weight excluding hydrogens is 264 g/mol. The van der Waals surface area contributed by atoms with Crippen molar-refractivity contribution in [2.24, 2.45) is 11.8 Å². The minimum atomic E-state index is 0.705. The van der Waals surface area contributed by atoms with Gasteiger partial charge in [0.1, 0.15) is 0 Å². The molecule has 1 N–H and O–H groups in total. The van der Waals surface area contributed by atoms with Gasteiger partial charge in [-0.15, -0.1) is 11.3 Å². The Morgan fingerprint density at radius 2 is 2.30 bits per heavy atom. The number of rotatable bonds is 7. The Kier molecular flexibility index (Phi) is 5.14. The Morgan fingerprint density at radius 1 is 1.40 bits per heavy atom. The van der Waals surface area contributed by atoms with E-state index in [0.29, 0.717) is 6.04 Å². The second kappa shape index (κ2) is 7.06. The third-order valence-corrected chi connectivity index (χ3v) is 5.64. The van der Waals surface area contributed by atoms with Crippen molar-refractivity contribution in [2.75, 3.05) is 26.2 Å². The minimum absolute atomic E-state index is 0.705. The third-order valence-electron chi connectivity index (χ3n) is 4.70. The van der Waals surface area contributed by atoms with Crippen LogP contribution < -0.4 is 5.32 Å². The molecule has 1 aliphatic carbocycles. The van der Waals surface area contributed by atoms with Gasteiger partial charge >= 0.3 is 0 Å². The smallest absolute Gasteiger partial charge is 0.0469 e. The lowest BCUT2D eigenvalue weighted by molar-refractivity contribution is 0.140. The molecule has 2 atom stereocenters. The summed E-state index contributed by atoms with van der Waals surface area (Å²) in [6.07, 6.45) is 6.92. The van der Waals surface area contributed by atoms with Crippen LogP contribution in [-0.4, -0.2) is 31.1 Å². The molecule has 2 nitrogen and oxygen atoms in total. The van der Waals surface area contributed by atoms with E-state index in [2.05, 4.69) is 34.7 Å². The molecule has 0 amide bonds. The highest BCUT2D eigenvalue weighted by atomic mass is 32.1.